The van der Waals surface area contributed by atoms with Crippen LogP contribution >= 0.6 is 27.3 Å². The molecule has 13 heteroatoms. The van der Waals surface area contributed by atoms with E-state index in [-0.39, 0.29) is 37.8 Å². The topological polar surface area (TPSA) is 116 Å². The number of amides is 2. The molecule has 32 heavy (non-hydrogen) atoms. The van der Waals surface area contributed by atoms with Crippen LogP contribution in [0, 0.1) is 0 Å². The van der Waals surface area contributed by atoms with Crippen LogP contribution in [0.4, 0.5) is 18.9 Å². The number of nitrogens with two attached hydrogens (primary N) is 1. The van der Waals surface area contributed by atoms with Crippen molar-refractivity contribution in [3.05, 3.63) is 51.4 Å². The molecular formula is C19H13BrF3N5O3S. The second-order valence-corrected chi connectivity index (χ2v) is 8.35. The number of alkyl halides is 3. The van der Waals surface area contributed by atoms with Crippen LogP contribution in [0.5, 0.6) is 0 Å². The van der Waals surface area contributed by atoms with Crippen LogP contribution in [0.15, 0.2) is 39.5 Å². The van der Waals surface area contributed by atoms with E-state index in [0.29, 0.717) is 22.4 Å². The number of nitrogens with one attached hydrogen (secondary N) is 1. The highest BCUT2D eigenvalue weighted by Crippen LogP contribution is 2.44. The summed E-state index contributed by atoms with van der Waals surface area (Å²) < 4.78 is 47.5. The normalized spacial score (nSPS) is 11.8. The van der Waals surface area contributed by atoms with Crippen LogP contribution < -0.4 is 11.1 Å². The molecule has 0 aliphatic rings. The van der Waals surface area contributed by atoms with Crippen molar-refractivity contribution in [1.29, 1.82) is 0 Å². The Hall–Kier alpha value is -3.19. The summed E-state index contributed by atoms with van der Waals surface area (Å²) in [5.41, 5.74) is 4.43. The van der Waals surface area contributed by atoms with Crippen LogP contribution in [-0.2, 0) is 12.7 Å². The Labute approximate surface area is 190 Å². The summed E-state index contributed by atoms with van der Waals surface area (Å²) in [6.45, 7) is 2.16. The fourth-order valence-electron chi connectivity index (χ4n) is 3.16. The molecule has 0 unspecified atom stereocenters. The number of nitrogens with zero attached hydrogens (tertiary/aromatic N) is 3. The second-order valence-electron chi connectivity index (χ2n) is 6.49. The van der Waals surface area contributed by atoms with Crippen LogP contribution in [0.25, 0.3) is 21.5 Å². The molecule has 0 saturated carbocycles. The zero-order valence-electron chi connectivity index (χ0n) is 16.2. The van der Waals surface area contributed by atoms with Gasteiger partial charge >= 0.3 is 6.18 Å². The smallest absolute Gasteiger partial charge is 0.433 e. The highest BCUT2D eigenvalue weighted by Gasteiger charge is 2.35. The van der Waals surface area contributed by atoms with E-state index >= 15 is 0 Å². The number of primary amides is 1. The van der Waals surface area contributed by atoms with Crippen molar-refractivity contribution in [3.8, 4) is 11.3 Å². The predicted octanol–water partition coefficient (Wildman–Crippen LogP) is 4.91. The van der Waals surface area contributed by atoms with Crippen LogP contribution in [0.3, 0.4) is 0 Å². The first-order valence-corrected chi connectivity index (χ1v) is 10.6. The zero-order chi connectivity index (χ0) is 23.2. The van der Waals surface area contributed by atoms with E-state index in [1.54, 1.807) is 6.92 Å². The summed E-state index contributed by atoms with van der Waals surface area (Å²) in [7, 11) is 0. The highest BCUT2D eigenvalue weighted by molar-refractivity contribution is 9.10. The van der Waals surface area contributed by atoms with Gasteiger partial charge in [-0.1, -0.05) is 0 Å². The fraction of sp³-hybridized carbons (Fsp3) is 0.158. The number of furan rings is 1. The van der Waals surface area contributed by atoms with Crippen molar-refractivity contribution in [2.24, 2.45) is 5.73 Å². The molecule has 4 heterocycles. The van der Waals surface area contributed by atoms with Gasteiger partial charge in [-0.3, -0.25) is 14.3 Å². The van der Waals surface area contributed by atoms with Crippen LogP contribution in [-0.4, -0.2) is 26.6 Å². The van der Waals surface area contributed by atoms with Crippen LogP contribution in [0.2, 0.25) is 0 Å². The van der Waals surface area contributed by atoms with Gasteiger partial charge in [0.1, 0.15) is 26.9 Å². The number of aromatic nitrogens is 3. The number of thiophene rings is 1. The van der Waals surface area contributed by atoms with Crippen LogP contribution in [0.1, 0.15) is 32.8 Å². The molecule has 0 aliphatic carbocycles. The van der Waals surface area contributed by atoms with Gasteiger partial charge in [-0.15, -0.1) is 11.3 Å². The Morgan fingerprint density at radius 1 is 1.38 bits per heavy atom. The Morgan fingerprint density at radius 2 is 2.12 bits per heavy atom. The van der Waals surface area contributed by atoms with Gasteiger partial charge in [0.05, 0.1) is 22.6 Å². The Kier molecular flexibility index (Phi) is 5.54. The molecule has 4 aromatic rings. The van der Waals surface area contributed by atoms with Gasteiger partial charge in [-0.25, -0.2) is 4.98 Å². The molecule has 2 amide bonds. The molecule has 3 N–H and O–H groups in total. The average molecular weight is 528 g/mol. The molecule has 0 aliphatic heterocycles. The van der Waals surface area contributed by atoms with E-state index in [1.807, 2.05) is 0 Å². The number of rotatable bonds is 5. The van der Waals surface area contributed by atoms with E-state index < -0.39 is 23.7 Å². The molecule has 0 spiro atoms. The third kappa shape index (κ3) is 3.77. The Morgan fingerprint density at radius 3 is 2.72 bits per heavy atom. The average Bonchev–Trinajstić information content (AvgIpc) is 3.45. The Balaban J connectivity index is 1.97. The molecule has 8 nitrogen and oxygen atoms in total. The number of pyridine rings is 1. The molecule has 166 valence electrons. The second kappa shape index (κ2) is 8.06. The first-order chi connectivity index (χ1) is 15.1. The van der Waals surface area contributed by atoms with E-state index in [0.717, 1.165) is 6.07 Å². The molecular weight excluding hydrogens is 515 g/mol. The number of carbonyl (C=O) groups excluding carboxylic acids is 2. The largest absolute Gasteiger partial charge is 0.464 e. The lowest BCUT2D eigenvalue weighted by molar-refractivity contribution is -0.140. The van der Waals surface area contributed by atoms with Crippen molar-refractivity contribution < 1.29 is 27.2 Å². The minimum absolute atomic E-state index is 0.00874. The maximum absolute atomic E-state index is 13.5. The summed E-state index contributed by atoms with van der Waals surface area (Å²) in [5, 5.41) is 6.79. The van der Waals surface area contributed by atoms with E-state index in [4.69, 9.17) is 10.2 Å². The maximum atomic E-state index is 13.5. The first kappa shape index (κ1) is 22.0. The summed E-state index contributed by atoms with van der Waals surface area (Å²) in [6, 6.07) is 3.77. The van der Waals surface area contributed by atoms with Gasteiger partial charge in [0.25, 0.3) is 11.8 Å². The van der Waals surface area contributed by atoms with Crippen molar-refractivity contribution in [2.45, 2.75) is 19.6 Å². The highest BCUT2D eigenvalue weighted by atomic mass is 79.9. The number of anilines is 1. The van der Waals surface area contributed by atoms with Gasteiger partial charge in [0, 0.05) is 17.5 Å². The fourth-order valence-corrected chi connectivity index (χ4v) is 4.65. The van der Waals surface area contributed by atoms with Crippen molar-refractivity contribution >= 4 is 55.0 Å². The quantitative estimate of drug-likeness (QED) is 0.382. The minimum atomic E-state index is -4.74. The molecule has 0 fully saturated rings. The number of hydrogen-bond acceptors (Lipinski definition) is 6. The summed E-state index contributed by atoms with van der Waals surface area (Å²) >= 11 is 3.90. The monoisotopic (exact) mass is 527 g/mol. The maximum Gasteiger partial charge on any atom is 0.433 e. The van der Waals surface area contributed by atoms with Gasteiger partial charge in [0.15, 0.2) is 0 Å². The molecule has 0 saturated heterocycles. The van der Waals surface area contributed by atoms with Gasteiger partial charge in [0.2, 0.25) is 0 Å². The number of fused-ring (bicyclic) bond motifs is 1. The molecule has 0 atom stereocenters. The number of hydrogen-bond donors (Lipinski definition) is 2. The molecule has 0 aromatic carbocycles. The number of aryl methyl sites for hydroxylation is 1. The number of halogens is 4. The SMILES string of the molecule is CCn1ncc(Br)c1C(=O)Nc1c(C(N)=O)sc2nc(C(F)(F)F)cc(-c3ccco3)c12. The predicted molar refractivity (Wildman–Crippen MR) is 114 cm³/mol. The zero-order valence-corrected chi connectivity index (χ0v) is 18.6. The lowest BCUT2D eigenvalue weighted by atomic mass is 10.1. The Bertz CT molecular complexity index is 1340. The minimum Gasteiger partial charge on any atom is -0.464 e. The van der Waals surface area contributed by atoms with Gasteiger partial charge < -0.3 is 15.5 Å². The lowest BCUT2D eigenvalue weighted by Crippen LogP contribution is -2.20. The van der Waals surface area contributed by atoms with Gasteiger partial charge in [-0.05, 0) is 41.1 Å². The van der Waals surface area contributed by atoms with E-state index in [1.165, 1.54) is 29.3 Å². The molecule has 4 aromatic heterocycles. The summed E-state index contributed by atoms with van der Waals surface area (Å²) in [6.07, 6.45) is -2.01. The lowest BCUT2D eigenvalue weighted by Gasteiger charge is -2.11. The van der Waals surface area contributed by atoms with E-state index in [9.17, 15) is 22.8 Å². The van der Waals surface area contributed by atoms with Crippen molar-refractivity contribution in [2.75, 3.05) is 5.32 Å². The molecule has 0 bridgehead atoms. The van der Waals surface area contributed by atoms with Gasteiger partial charge in [-0.2, -0.15) is 18.3 Å². The standard InChI is InChI=1S/C19H13BrF3N5O3S/c1-2-28-14(9(20)7-25-28)17(30)27-13-12-8(10-4-3-5-31-10)6-11(19(21,22)23)26-18(12)32-15(13)16(24)29/h3-7H,2H2,1H3,(H2,24,29)(H,27,30). The third-order valence-corrected chi connectivity index (χ3v) is 6.19. The third-order valence-electron chi connectivity index (χ3n) is 4.51. The summed E-state index contributed by atoms with van der Waals surface area (Å²) in [5.74, 6) is -1.46. The summed E-state index contributed by atoms with van der Waals surface area (Å²) in [4.78, 5) is 28.5. The van der Waals surface area contributed by atoms with Crippen molar-refractivity contribution in [1.82, 2.24) is 14.8 Å². The van der Waals surface area contributed by atoms with Crippen molar-refractivity contribution in [3.63, 3.8) is 0 Å². The van der Waals surface area contributed by atoms with E-state index in [2.05, 4.69) is 31.3 Å². The number of carbonyl (C=O) groups is 2. The molecule has 4 rings (SSSR count). The molecule has 0 radical (unpaired) electrons. The first-order valence-electron chi connectivity index (χ1n) is 9.02.